The smallest absolute Gasteiger partial charge is 0.159 e. The topological polar surface area (TPSA) is 49.6 Å². The van der Waals surface area contributed by atoms with Crippen molar-refractivity contribution in [2.45, 2.75) is 6.17 Å². The lowest BCUT2D eigenvalue weighted by molar-refractivity contribution is 0.674. The molecule has 10 aromatic rings. The molecule has 0 radical (unpaired) electrons. The van der Waals surface area contributed by atoms with E-state index in [0.29, 0.717) is 5.84 Å². The molecule has 0 saturated heterocycles. The Morgan fingerprint density at radius 2 is 0.887 bits per heavy atom. The second kappa shape index (κ2) is 16.1. The molecular formula is C58H40N4. The molecule has 0 saturated carbocycles. The molecule has 4 nitrogen and oxygen atoms in total. The van der Waals surface area contributed by atoms with Crippen LogP contribution in [-0.4, -0.2) is 16.7 Å². The van der Waals surface area contributed by atoms with E-state index >= 15 is 0 Å². The van der Waals surface area contributed by atoms with E-state index in [0.717, 1.165) is 94.6 Å². The minimum Gasteiger partial charge on any atom is -0.344 e. The third-order valence-electron chi connectivity index (χ3n) is 11.7. The summed E-state index contributed by atoms with van der Waals surface area (Å²) in [6, 6.07) is 81.2. The summed E-state index contributed by atoms with van der Waals surface area (Å²) >= 11 is 0. The molecular weight excluding hydrogens is 753 g/mol. The molecule has 0 amide bonds. The van der Waals surface area contributed by atoms with Gasteiger partial charge in [0.25, 0.3) is 0 Å². The van der Waals surface area contributed by atoms with Gasteiger partial charge in [0, 0.05) is 27.6 Å². The highest BCUT2D eigenvalue weighted by Gasteiger charge is 2.24. The Labute approximate surface area is 361 Å². The summed E-state index contributed by atoms with van der Waals surface area (Å²) in [5.41, 5.74) is 14.9. The fourth-order valence-corrected chi connectivity index (χ4v) is 8.63. The highest BCUT2D eigenvalue weighted by atomic mass is 15.2. The number of aliphatic imine (C=N–C) groups is 2. The lowest BCUT2D eigenvalue weighted by atomic mass is 9.90. The number of benzene rings is 9. The van der Waals surface area contributed by atoms with E-state index in [4.69, 9.17) is 15.0 Å². The molecule has 0 bridgehead atoms. The lowest BCUT2D eigenvalue weighted by Crippen LogP contribution is -2.33. The van der Waals surface area contributed by atoms with E-state index < -0.39 is 6.17 Å². The quantitative estimate of drug-likeness (QED) is 0.156. The van der Waals surface area contributed by atoms with Gasteiger partial charge in [-0.2, -0.15) is 0 Å². The number of aromatic nitrogens is 1. The van der Waals surface area contributed by atoms with Gasteiger partial charge in [0.05, 0.1) is 11.2 Å². The molecule has 1 aliphatic rings. The van der Waals surface area contributed by atoms with Crippen molar-refractivity contribution < 1.29 is 0 Å². The van der Waals surface area contributed by atoms with Gasteiger partial charge in [0.2, 0.25) is 0 Å². The van der Waals surface area contributed by atoms with Crippen LogP contribution in [0.4, 0.5) is 0 Å². The average molecular weight is 793 g/mol. The van der Waals surface area contributed by atoms with Crippen molar-refractivity contribution in [1.82, 2.24) is 10.3 Å². The molecule has 0 fully saturated rings. The molecule has 11 rings (SSSR count). The monoisotopic (exact) mass is 792 g/mol. The Hall–Kier alpha value is -8.21. The van der Waals surface area contributed by atoms with Gasteiger partial charge >= 0.3 is 0 Å². The van der Waals surface area contributed by atoms with E-state index in [2.05, 4.69) is 218 Å². The van der Waals surface area contributed by atoms with Crippen LogP contribution in [0.2, 0.25) is 0 Å². The first kappa shape index (κ1) is 36.8. The van der Waals surface area contributed by atoms with Gasteiger partial charge in [-0.15, -0.1) is 0 Å². The molecule has 292 valence electrons. The Balaban J connectivity index is 1.08. The van der Waals surface area contributed by atoms with Crippen molar-refractivity contribution in [3.8, 4) is 55.8 Å². The number of hydrogen-bond acceptors (Lipinski definition) is 4. The zero-order valence-corrected chi connectivity index (χ0v) is 33.9. The summed E-state index contributed by atoms with van der Waals surface area (Å²) < 4.78 is 0. The van der Waals surface area contributed by atoms with Crippen LogP contribution in [0.25, 0.3) is 77.4 Å². The van der Waals surface area contributed by atoms with Crippen molar-refractivity contribution in [3.05, 3.63) is 247 Å². The van der Waals surface area contributed by atoms with Crippen LogP contribution in [-0.2, 0) is 0 Å². The normalized spacial score (nSPS) is 13.6. The Morgan fingerprint density at radius 3 is 1.53 bits per heavy atom. The van der Waals surface area contributed by atoms with Gasteiger partial charge in [-0.25, -0.2) is 15.0 Å². The number of pyridine rings is 1. The summed E-state index contributed by atoms with van der Waals surface area (Å²) in [4.78, 5) is 16.1. The maximum atomic E-state index is 5.51. The number of fused-ring (bicyclic) bond motifs is 3. The zero-order valence-electron chi connectivity index (χ0n) is 33.9. The molecule has 1 N–H and O–H groups in total. The predicted molar refractivity (Wildman–Crippen MR) is 258 cm³/mol. The van der Waals surface area contributed by atoms with Crippen molar-refractivity contribution in [1.29, 1.82) is 0 Å². The zero-order chi connectivity index (χ0) is 41.2. The standard InChI is InChI=1S/C58H40N4/c1-6-19-39(20-7-1)47-34-48(40-21-8-2-9-22-40)36-49(35-47)58-61-56(43-27-14-5-15-28-43)60-57(62-58)46-31-18-30-44(33-46)52-37-45-29-16-17-32-50(45)54-51(41-23-10-3-11-24-41)38-53(59-55(52)54)42-25-12-4-13-26-42/h1-38,58H,(H,60,61,62). The minimum absolute atomic E-state index is 0.405. The van der Waals surface area contributed by atoms with Gasteiger partial charge in [0.15, 0.2) is 5.84 Å². The number of hydrogen-bond donors (Lipinski definition) is 1. The Kier molecular flexibility index (Phi) is 9.56. The largest absolute Gasteiger partial charge is 0.344 e. The highest BCUT2D eigenvalue weighted by Crippen LogP contribution is 2.42. The molecule has 1 aromatic heterocycles. The molecule has 4 heteroatoms. The van der Waals surface area contributed by atoms with Crippen molar-refractivity contribution in [2.24, 2.45) is 9.98 Å². The average Bonchev–Trinajstić information content (AvgIpc) is 3.37. The molecule has 2 heterocycles. The summed E-state index contributed by atoms with van der Waals surface area (Å²) in [5.74, 6) is 1.43. The van der Waals surface area contributed by atoms with E-state index in [1.54, 1.807) is 0 Å². The second-order valence-electron chi connectivity index (χ2n) is 15.6. The Morgan fingerprint density at radius 1 is 0.371 bits per heavy atom. The van der Waals surface area contributed by atoms with Crippen LogP contribution in [0.15, 0.2) is 241 Å². The molecule has 0 spiro atoms. The minimum atomic E-state index is -0.405. The molecule has 1 atom stereocenters. The first-order valence-corrected chi connectivity index (χ1v) is 21.0. The van der Waals surface area contributed by atoms with Crippen LogP contribution in [0, 0.1) is 0 Å². The number of rotatable bonds is 8. The van der Waals surface area contributed by atoms with Crippen LogP contribution >= 0.6 is 0 Å². The molecule has 1 aliphatic heterocycles. The van der Waals surface area contributed by atoms with Crippen molar-refractivity contribution >= 4 is 33.3 Å². The second-order valence-corrected chi connectivity index (χ2v) is 15.6. The van der Waals surface area contributed by atoms with Crippen molar-refractivity contribution in [3.63, 3.8) is 0 Å². The van der Waals surface area contributed by atoms with Gasteiger partial charge in [0.1, 0.15) is 12.0 Å². The lowest BCUT2D eigenvalue weighted by Gasteiger charge is -2.25. The summed E-state index contributed by atoms with van der Waals surface area (Å²) in [6.07, 6.45) is -0.405. The van der Waals surface area contributed by atoms with Crippen LogP contribution < -0.4 is 5.32 Å². The van der Waals surface area contributed by atoms with Gasteiger partial charge in [-0.3, -0.25) is 0 Å². The van der Waals surface area contributed by atoms with E-state index in [1.807, 2.05) is 18.2 Å². The highest BCUT2D eigenvalue weighted by molar-refractivity contribution is 6.19. The first-order chi connectivity index (χ1) is 30.7. The predicted octanol–water partition coefficient (Wildman–Crippen LogP) is 14.2. The number of nitrogens with one attached hydrogen (secondary N) is 1. The number of amidine groups is 2. The first-order valence-electron chi connectivity index (χ1n) is 21.0. The summed E-state index contributed by atoms with van der Waals surface area (Å²) in [6.45, 7) is 0. The van der Waals surface area contributed by atoms with Crippen LogP contribution in [0.3, 0.4) is 0 Å². The van der Waals surface area contributed by atoms with E-state index in [1.165, 1.54) is 5.39 Å². The summed E-state index contributed by atoms with van der Waals surface area (Å²) in [5, 5.41) is 7.26. The number of nitrogens with zero attached hydrogens (tertiary/aromatic N) is 3. The molecule has 9 aromatic carbocycles. The fourth-order valence-electron chi connectivity index (χ4n) is 8.63. The molecule has 62 heavy (non-hydrogen) atoms. The van der Waals surface area contributed by atoms with E-state index in [-0.39, 0.29) is 0 Å². The van der Waals surface area contributed by atoms with Crippen molar-refractivity contribution in [2.75, 3.05) is 0 Å². The van der Waals surface area contributed by atoms with Gasteiger partial charge in [-0.05, 0) is 91.7 Å². The summed E-state index contributed by atoms with van der Waals surface area (Å²) in [7, 11) is 0. The fraction of sp³-hybridized carbons (Fsp3) is 0.0172. The van der Waals surface area contributed by atoms with E-state index in [9.17, 15) is 0 Å². The third kappa shape index (κ3) is 7.14. The Bertz CT molecular complexity index is 3230. The molecule has 0 aliphatic carbocycles. The third-order valence-corrected chi connectivity index (χ3v) is 11.7. The molecule has 1 unspecified atom stereocenters. The maximum absolute atomic E-state index is 5.51. The van der Waals surface area contributed by atoms with Crippen LogP contribution in [0.1, 0.15) is 22.9 Å². The maximum Gasteiger partial charge on any atom is 0.159 e. The van der Waals surface area contributed by atoms with Crippen LogP contribution in [0.5, 0.6) is 0 Å². The van der Waals surface area contributed by atoms with Gasteiger partial charge < -0.3 is 5.32 Å². The van der Waals surface area contributed by atoms with Gasteiger partial charge in [-0.1, -0.05) is 194 Å². The SMILES string of the molecule is c1ccc(C2=NC(c3cc(-c4ccccc4)cc(-c4ccccc4)c3)NC(c3cccc(-c4cc5ccccc5c5c(-c6ccccc6)cc(-c6ccccc6)nc45)c3)=N2)cc1.